The van der Waals surface area contributed by atoms with Crippen molar-refractivity contribution in [3.05, 3.63) is 70.9 Å². The van der Waals surface area contributed by atoms with Crippen molar-refractivity contribution < 1.29 is 14.3 Å². The quantitative estimate of drug-likeness (QED) is 0.756. The van der Waals surface area contributed by atoms with E-state index in [-0.39, 0.29) is 11.9 Å². The molecule has 6 heteroatoms. The van der Waals surface area contributed by atoms with Crippen LogP contribution in [0.2, 0.25) is 0 Å². The second kappa shape index (κ2) is 7.95. The number of carbonyl (C=O) groups is 2. The Balaban J connectivity index is 1.86. The van der Waals surface area contributed by atoms with Crippen LogP contribution in [-0.2, 0) is 4.79 Å². The molecule has 0 aliphatic carbocycles. The van der Waals surface area contributed by atoms with Gasteiger partial charge in [0.2, 0.25) is 0 Å². The number of ether oxygens (including phenoxy) is 1. The van der Waals surface area contributed by atoms with E-state index in [0.717, 1.165) is 16.9 Å². The van der Waals surface area contributed by atoms with E-state index in [1.54, 1.807) is 31.2 Å². The Bertz CT molecular complexity index is 871. The number of aryl methyl sites for hydroxylation is 1. The van der Waals surface area contributed by atoms with Crippen LogP contribution in [0, 0.1) is 6.92 Å². The molecule has 0 saturated heterocycles. The molecule has 1 heterocycles. The molecule has 0 bridgehead atoms. The lowest BCUT2D eigenvalue weighted by Gasteiger charge is -2.28. The fraction of sp³-hybridized carbons (Fsp3) is 0.238. The molecule has 3 amide bonds. The van der Waals surface area contributed by atoms with Crippen LogP contribution in [0.4, 0.5) is 10.5 Å². The van der Waals surface area contributed by atoms with E-state index in [4.69, 9.17) is 4.74 Å². The van der Waals surface area contributed by atoms with E-state index in [2.05, 4.69) is 16.0 Å². The summed E-state index contributed by atoms with van der Waals surface area (Å²) in [7, 11) is 0. The fourth-order valence-corrected chi connectivity index (χ4v) is 3.00. The summed E-state index contributed by atoms with van der Waals surface area (Å²) in [5.74, 6) is 0.477. The van der Waals surface area contributed by atoms with Gasteiger partial charge in [-0.25, -0.2) is 4.79 Å². The molecule has 27 heavy (non-hydrogen) atoms. The number of urea groups is 1. The largest absolute Gasteiger partial charge is 0.494 e. The number of hydrogen-bond donors (Lipinski definition) is 3. The second-order valence-electron chi connectivity index (χ2n) is 6.39. The molecule has 0 aromatic heterocycles. The number of hydrogen-bond acceptors (Lipinski definition) is 3. The summed E-state index contributed by atoms with van der Waals surface area (Å²) < 4.78 is 5.42. The summed E-state index contributed by atoms with van der Waals surface area (Å²) in [6.07, 6.45) is 0. The number of nitrogens with one attached hydrogen (secondary N) is 3. The van der Waals surface area contributed by atoms with E-state index in [0.29, 0.717) is 23.6 Å². The summed E-state index contributed by atoms with van der Waals surface area (Å²) in [6, 6.07) is 14.1. The minimum absolute atomic E-state index is 0.269. The van der Waals surface area contributed by atoms with E-state index in [1.807, 2.05) is 38.1 Å². The average molecular weight is 365 g/mol. The molecule has 0 radical (unpaired) electrons. The van der Waals surface area contributed by atoms with Gasteiger partial charge in [-0.05, 0) is 50.6 Å². The van der Waals surface area contributed by atoms with Crippen molar-refractivity contribution in [2.24, 2.45) is 0 Å². The maximum Gasteiger partial charge on any atom is 0.319 e. The third-order valence-electron chi connectivity index (χ3n) is 4.35. The highest BCUT2D eigenvalue weighted by Gasteiger charge is 2.31. The Morgan fingerprint density at radius 2 is 1.74 bits per heavy atom. The Morgan fingerprint density at radius 1 is 1.07 bits per heavy atom. The Labute approximate surface area is 158 Å². The maximum atomic E-state index is 13.0. The van der Waals surface area contributed by atoms with Crippen molar-refractivity contribution >= 4 is 17.6 Å². The van der Waals surface area contributed by atoms with Gasteiger partial charge in [0.25, 0.3) is 5.91 Å². The maximum absolute atomic E-state index is 13.0. The molecule has 0 fully saturated rings. The predicted molar refractivity (Wildman–Crippen MR) is 105 cm³/mol. The highest BCUT2D eigenvalue weighted by Crippen LogP contribution is 2.28. The van der Waals surface area contributed by atoms with Gasteiger partial charge in [0.15, 0.2) is 0 Å². The predicted octanol–water partition coefficient (Wildman–Crippen LogP) is 3.66. The van der Waals surface area contributed by atoms with Crippen LogP contribution < -0.4 is 20.7 Å². The molecule has 2 aromatic carbocycles. The van der Waals surface area contributed by atoms with E-state index >= 15 is 0 Å². The van der Waals surface area contributed by atoms with Gasteiger partial charge in [-0.15, -0.1) is 0 Å². The number of carbonyl (C=O) groups excluding carboxylic acids is 2. The van der Waals surface area contributed by atoms with Crippen LogP contribution in [-0.4, -0.2) is 18.5 Å². The minimum atomic E-state index is -0.512. The first kappa shape index (κ1) is 18.5. The van der Waals surface area contributed by atoms with Crippen molar-refractivity contribution in [3.8, 4) is 5.75 Å². The summed E-state index contributed by atoms with van der Waals surface area (Å²) in [6.45, 7) is 6.22. The van der Waals surface area contributed by atoms with Gasteiger partial charge in [0, 0.05) is 11.4 Å². The first-order chi connectivity index (χ1) is 13.0. The molecule has 0 spiro atoms. The van der Waals surface area contributed by atoms with Gasteiger partial charge in [-0.3, -0.25) is 4.79 Å². The highest BCUT2D eigenvalue weighted by atomic mass is 16.5. The van der Waals surface area contributed by atoms with Gasteiger partial charge in [-0.1, -0.05) is 29.8 Å². The minimum Gasteiger partial charge on any atom is -0.494 e. The van der Waals surface area contributed by atoms with E-state index in [1.165, 1.54) is 0 Å². The molecule has 3 N–H and O–H groups in total. The Hall–Kier alpha value is -3.28. The third kappa shape index (κ3) is 4.28. The lowest BCUT2D eigenvalue weighted by Crippen LogP contribution is -2.45. The SMILES string of the molecule is CCOc1ccc(NC(=O)C2=C(C)NC(=O)N[C@H]2c2ccc(C)cc2)cc1. The zero-order chi connectivity index (χ0) is 19.4. The summed E-state index contributed by atoms with van der Waals surface area (Å²) >= 11 is 0. The van der Waals surface area contributed by atoms with E-state index < -0.39 is 6.04 Å². The molecule has 0 unspecified atom stereocenters. The summed E-state index contributed by atoms with van der Waals surface area (Å²) in [5.41, 5.74) is 3.63. The number of rotatable bonds is 5. The number of benzene rings is 2. The summed E-state index contributed by atoms with van der Waals surface area (Å²) in [4.78, 5) is 24.9. The topological polar surface area (TPSA) is 79.5 Å². The molecule has 140 valence electrons. The molecule has 1 aliphatic rings. The van der Waals surface area contributed by atoms with Crippen LogP contribution in [0.1, 0.15) is 31.0 Å². The Kier molecular flexibility index (Phi) is 5.45. The molecule has 1 aliphatic heterocycles. The zero-order valence-corrected chi connectivity index (χ0v) is 15.6. The molecular formula is C21H23N3O3. The first-order valence-corrected chi connectivity index (χ1v) is 8.87. The van der Waals surface area contributed by atoms with Gasteiger partial charge in [-0.2, -0.15) is 0 Å². The monoisotopic (exact) mass is 365 g/mol. The molecule has 2 aromatic rings. The third-order valence-corrected chi connectivity index (χ3v) is 4.35. The van der Waals surface area contributed by atoms with Gasteiger partial charge < -0.3 is 20.7 Å². The van der Waals surface area contributed by atoms with Crippen molar-refractivity contribution in [3.63, 3.8) is 0 Å². The highest BCUT2D eigenvalue weighted by molar-refractivity contribution is 6.06. The van der Waals surface area contributed by atoms with Gasteiger partial charge in [0.05, 0.1) is 18.2 Å². The van der Waals surface area contributed by atoms with Gasteiger partial charge >= 0.3 is 6.03 Å². The number of allylic oxidation sites excluding steroid dienone is 1. The fourth-order valence-electron chi connectivity index (χ4n) is 3.00. The Morgan fingerprint density at radius 3 is 2.37 bits per heavy atom. The van der Waals surface area contributed by atoms with Crippen LogP contribution in [0.25, 0.3) is 0 Å². The number of anilines is 1. The second-order valence-corrected chi connectivity index (χ2v) is 6.39. The standard InChI is InChI=1S/C21H23N3O3/c1-4-27-17-11-9-16(10-12-17)23-20(25)18-14(3)22-21(26)24-19(18)15-7-5-13(2)6-8-15/h5-12,19H,4H2,1-3H3,(H,23,25)(H2,22,24,26)/t19-/m0/s1. The molecular weight excluding hydrogens is 342 g/mol. The molecule has 0 saturated carbocycles. The van der Waals surface area contributed by atoms with Crippen molar-refractivity contribution in [2.75, 3.05) is 11.9 Å². The first-order valence-electron chi connectivity index (χ1n) is 8.87. The molecule has 1 atom stereocenters. The van der Waals surface area contributed by atoms with Crippen LogP contribution in [0.5, 0.6) is 5.75 Å². The lowest BCUT2D eigenvalue weighted by atomic mass is 9.94. The van der Waals surface area contributed by atoms with Crippen LogP contribution in [0.15, 0.2) is 59.8 Å². The summed E-state index contributed by atoms with van der Waals surface area (Å²) in [5, 5.41) is 8.41. The normalized spacial score (nSPS) is 16.4. The molecule has 3 rings (SSSR count). The smallest absolute Gasteiger partial charge is 0.319 e. The van der Waals surface area contributed by atoms with Crippen LogP contribution in [0.3, 0.4) is 0 Å². The average Bonchev–Trinajstić information content (AvgIpc) is 2.63. The number of amides is 3. The zero-order valence-electron chi connectivity index (χ0n) is 15.6. The molecule has 6 nitrogen and oxygen atoms in total. The van der Waals surface area contributed by atoms with Crippen LogP contribution >= 0.6 is 0 Å². The van der Waals surface area contributed by atoms with Gasteiger partial charge in [0.1, 0.15) is 5.75 Å². The van der Waals surface area contributed by atoms with Crippen molar-refractivity contribution in [1.82, 2.24) is 10.6 Å². The lowest BCUT2D eigenvalue weighted by molar-refractivity contribution is -0.113. The van der Waals surface area contributed by atoms with Crippen molar-refractivity contribution in [1.29, 1.82) is 0 Å². The van der Waals surface area contributed by atoms with Crippen molar-refractivity contribution in [2.45, 2.75) is 26.8 Å². The van der Waals surface area contributed by atoms with E-state index in [9.17, 15) is 9.59 Å².